The number of rotatable bonds is 6. The van der Waals surface area contributed by atoms with Gasteiger partial charge in [-0.3, -0.25) is 4.68 Å². The average Bonchev–Trinajstić information content (AvgIpc) is 3.10. The van der Waals surface area contributed by atoms with Crippen molar-refractivity contribution in [3.63, 3.8) is 0 Å². The molecule has 0 spiro atoms. The van der Waals surface area contributed by atoms with E-state index in [2.05, 4.69) is 43.7 Å². The number of thiophene rings is 1. The van der Waals surface area contributed by atoms with Crippen LogP contribution in [0.2, 0.25) is 0 Å². The van der Waals surface area contributed by atoms with Crippen LogP contribution in [-0.4, -0.2) is 34.2 Å². The fourth-order valence-electron chi connectivity index (χ4n) is 1.93. The van der Waals surface area contributed by atoms with Gasteiger partial charge in [0.25, 0.3) is 0 Å². The predicted octanol–water partition coefficient (Wildman–Crippen LogP) is 2.86. The number of aliphatic imine (C=N–C) groups is 1. The molecular formula is C15H22IN5S. The van der Waals surface area contributed by atoms with Crippen LogP contribution in [0.1, 0.15) is 11.1 Å². The number of nitrogens with one attached hydrogen (secondary N) is 1. The molecule has 0 saturated carbocycles. The van der Waals surface area contributed by atoms with Gasteiger partial charge >= 0.3 is 0 Å². The highest BCUT2D eigenvalue weighted by atomic mass is 127. The number of aryl methyl sites for hydroxylation is 1. The Bertz CT molecular complexity index is 591. The van der Waals surface area contributed by atoms with E-state index >= 15 is 0 Å². The van der Waals surface area contributed by atoms with Crippen LogP contribution in [0.3, 0.4) is 0 Å². The second-order valence-corrected chi connectivity index (χ2v) is 5.60. The summed E-state index contributed by atoms with van der Waals surface area (Å²) in [6.07, 6.45) is 5.72. The topological polar surface area (TPSA) is 45.5 Å². The zero-order valence-electron chi connectivity index (χ0n) is 12.9. The Hall–Kier alpha value is -1.35. The monoisotopic (exact) mass is 431 g/mol. The van der Waals surface area contributed by atoms with Gasteiger partial charge in [-0.1, -0.05) is 6.08 Å². The van der Waals surface area contributed by atoms with Crippen LogP contribution >= 0.6 is 35.3 Å². The molecule has 0 unspecified atom stereocenters. The van der Waals surface area contributed by atoms with E-state index in [1.807, 2.05) is 37.2 Å². The second kappa shape index (κ2) is 9.62. The highest BCUT2D eigenvalue weighted by Gasteiger charge is 2.07. The van der Waals surface area contributed by atoms with Gasteiger partial charge < -0.3 is 10.2 Å². The van der Waals surface area contributed by atoms with E-state index in [9.17, 15) is 0 Å². The normalized spacial score (nSPS) is 10.9. The third-order valence-corrected chi connectivity index (χ3v) is 3.67. The van der Waals surface area contributed by atoms with Crippen molar-refractivity contribution in [1.82, 2.24) is 20.0 Å². The highest BCUT2D eigenvalue weighted by Crippen LogP contribution is 2.08. The molecular weight excluding hydrogens is 409 g/mol. The van der Waals surface area contributed by atoms with Crippen LogP contribution in [0.15, 0.2) is 46.9 Å². The first-order valence-corrected chi connectivity index (χ1v) is 7.72. The summed E-state index contributed by atoms with van der Waals surface area (Å²) < 4.78 is 1.81. The summed E-state index contributed by atoms with van der Waals surface area (Å²) in [6.45, 7) is 5.88. The summed E-state index contributed by atoms with van der Waals surface area (Å²) in [4.78, 5) is 6.76. The van der Waals surface area contributed by atoms with Crippen LogP contribution in [0.25, 0.3) is 0 Å². The summed E-state index contributed by atoms with van der Waals surface area (Å²) in [5.41, 5.74) is 2.39. The van der Waals surface area contributed by atoms with Gasteiger partial charge in [-0.2, -0.15) is 16.4 Å². The number of hydrogen-bond donors (Lipinski definition) is 1. The second-order valence-electron chi connectivity index (χ2n) is 4.82. The van der Waals surface area contributed by atoms with Crippen LogP contribution < -0.4 is 5.32 Å². The lowest BCUT2D eigenvalue weighted by molar-refractivity contribution is 0.478. The van der Waals surface area contributed by atoms with E-state index in [0.717, 1.165) is 18.1 Å². The fourth-order valence-corrected chi connectivity index (χ4v) is 2.59. The van der Waals surface area contributed by atoms with Gasteiger partial charge in [-0.25, -0.2) is 4.99 Å². The lowest BCUT2D eigenvalue weighted by Crippen LogP contribution is -2.38. The molecule has 2 aromatic heterocycles. The minimum atomic E-state index is 0. The van der Waals surface area contributed by atoms with Crippen LogP contribution in [0.5, 0.6) is 0 Å². The Balaban J connectivity index is 0.00000242. The SMILES string of the molecule is C=CCNC(=NCc1ccsc1)N(C)Cc1cnn(C)c1.I. The minimum absolute atomic E-state index is 0. The molecule has 22 heavy (non-hydrogen) atoms. The molecule has 7 heteroatoms. The van der Waals surface area contributed by atoms with Gasteiger partial charge in [-0.15, -0.1) is 30.6 Å². The van der Waals surface area contributed by atoms with Crippen molar-refractivity contribution in [3.05, 3.63) is 53.0 Å². The predicted molar refractivity (Wildman–Crippen MR) is 104 cm³/mol. The van der Waals surface area contributed by atoms with Crippen molar-refractivity contribution in [1.29, 1.82) is 0 Å². The van der Waals surface area contributed by atoms with Crippen LogP contribution in [-0.2, 0) is 20.1 Å². The number of aromatic nitrogens is 2. The molecule has 2 heterocycles. The largest absolute Gasteiger partial charge is 0.353 e. The zero-order valence-corrected chi connectivity index (χ0v) is 16.0. The molecule has 0 bridgehead atoms. The molecule has 0 radical (unpaired) electrons. The summed E-state index contributed by atoms with van der Waals surface area (Å²) in [6, 6.07) is 2.10. The van der Waals surface area contributed by atoms with E-state index in [-0.39, 0.29) is 24.0 Å². The molecule has 0 aromatic carbocycles. The molecule has 0 saturated heterocycles. The van der Waals surface area contributed by atoms with Gasteiger partial charge in [-0.05, 0) is 22.4 Å². The summed E-state index contributed by atoms with van der Waals surface area (Å²) >= 11 is 1.69. The molecule has 0 fully saturated rings. The standard InChI is InChI=1S/C15H21N5S.HI/c1-4-6-16-15(17-8-13-5-7-21-12-13)19(2)10-14-9-18-20(3)11-14;/h4-5,7,9,11-12H,1,6,8,10H2,2-3H3,(H,16,17);1H. The molecule has 0 amide bonds. The lowest BCUT2D eigenvalue weighted by atomic mass is 10.3. The van der Waals surface area contributed by atoms with Gasteiger partial charge in [0.05, 0.1) is 12.7 Å². The van der Waals surface area contributed by atoms with E-state index < -0.39 is 0 Å². The molecule has 1 N–H and O–H groups in total. The maximum Gasteiger partial charge on any atom is 0.194 e. The molecule has 2 rings (SSSR count). The third-order valence-electron chi connectivity index (χ3n) is 2.94. The first-order valence-electron chi connectivity index (χ1n) is 6.78. The Morgan fingerprint density at radius 3 is 2.95 bits per heavy atom. The van der Waals surface area contributed by atoms with E-state index in [0.29, 0.717) is 13.1 Å². The zero-order chi connectivity index (χ0) is 15.1. The lowest BCUT2D eigenvalue weighted by Gasteiger charge is -2.21. The molecule has 0 atom stereocenters. The van der Waals surface area contributed by atoms with Gasteiger partial charge in [0.2, 0.25) is 0 Å². The van der Waals surface area contributed by atoms with E-state index in [1.54, 1.807) is 11.3 Å². The molecule has 0 aliphatic rings. The van der Waals surface area contributed by atoms with Gasteiger partial charge in [0, 0.05) is 38.9 Å². The third kappa shape index (κ3) is 5.80. The maximum absolute atomic E-state index is 4.67. The van der Waals surface area contributed by atoms with Crippen molar-refractivity contribution in [3.8, 4) is 0 Å². The maximum atomic E-state index is 4.67. The molecule has 0 aliphatic heterocycles. The quantitative estimate of drug-likeness (QED) is 0.331. The Kier molecular flexibility index (Phi) is 8.18. The van der Waals surface area contributed by atoms with Crippen LogP contribution in [0, 0.1) is 0 Å². The van der Waals surface area contributed by atoms with E-state index in [4.69, 9.17) is 0 Å². The van der Waals surface area contributed by atoms with Gasteiger partial charge in [0.1, 0.15) is 0 Å². The molecule has 5 nitrogen and oxygen atoms in total. The average molecular weight is 431 g/mol. The number of halogens is 1. The van der Waals surface area contributed by atoms with Gasteiger partial charge in [0.15, 0.2) is 5.96 Å². The highest BCUT2D eigenvalue weighted by molar-refractivity contribution is 14.0. The number of guanidine groups is 1. The Labute approximate surface area is 152 Å². The number of nitrogens with zero attached hydrogens (tertiary/aromatic N) is 4. The summed E-state index contributed by atoms with van der Waals surface area (Å²) in [5, 5.41) is 11.7. The van der Waals surface area contributed by atoms with Crippen molar-refractivity contribution in [2.24, 2.45) is 12.0 Å². The first kappa shape index (κ1) is 18.7. The molecule has 0 aliphatic carbocycles. The fraction of sp³-hybridized carbons (Fsp3) is 0.333. The summed E-state index contributed by atoms with van der Waals surface area (Å²) in [5.74, 6) is 0.866. The van der Waals surface area contributed by atoms with Crippen molar-refractivity contribution >= 4 is 41.3 Å². The Morgan fingerprint density at radius 2 is 2.36 bits per heavy atom. The smallest absolute Gasteiger partial charge is 0.194 e. The molecule has 120 valence electrons. The van der Waals surface area contributed by atoms with Crippen molar-refractivity contribution in [2.75, 3.05) is 13.6 Å². The molecule has 2 aromatic rings. The van der Waals surface area contributed by atoms with Crippen molar-refractivity contribution < 1.29 is 0 Å². The first-order chi connectivity index (χ1) is 10.2. The summed E-state index contributed by atoms with van der Waals surface area (Å²) in [7, 11) is 3.95. The Morgan fingerprint density at radius 1 is 1.55 bits per heavy atom. The number of hydrogen-bond acceptors (Lipinski definition) is 3. The minimum Gasteiger partial charge on any atom is -0.353 e. The van der Waals surface area contributed by atoms with Crippen molar-refractivity contribution in [2.45, 2.75) is 13.1 Å². The van der Waals surface area contributed by atoms with Crippen LogP contribution in [0.4, 0.5) is 0 Å². The van der Waals surface area contributed by atoms with E-state index in [1.165, 1.54) is 5.56 Å².